The molecule has 2 aromatic rings. The second-order valence-electron chi connectivity index (χ2n) is 6.44. The molecule has 0 saturated carbocycles. The van der Waals surface area contributed by atoms with Crippen LogP contribution in [0.3, 0.4) is 0 Å². The Morgan fingerprint density at radius 1 is 1.10 bits per heavy atom. The molecule has 150 valence electrons. The minimum Gasteiger partial charge on any atom is -0.497 e. The number of rotatable bonds is 8. The van der Waals surface area contributed by atoms with Crippen LogP contribution < -0.4 is 10.1 Å². The maximum atomic E-state index is 12.5. The van der Waals surface area contributed by atoms with Crippen molar-refractivity contribution in [2.24, 2.45) is 0 Å². The molecule has 1 N–H and O–H groups in total. The zero-order valence-electron chi connectivity index (χ0n) is 16.1. The summed E-state index contributed by atoms with van der Waals surface area (Å²) >= 11 is 0.922. The van der Waals surface area contributed by atoms with Crippen LogP contribution in [0.1, 0.15) is 17.5 Å². The van der Waals surface area contributed by atoms with Crippen molar-refractivity contribution in [2.45, 2.75) is 12.8 Å². The third-order valence-corrected chi connectivity index (χ3v) is 5.34. The fraction of sp³-hybridized carbons (Fsp3) is 0.227. The van der Waals surface area contributed by atoms with Gasteiger partial charge in [-0.1, -0.05) is 42.5 Å². The molecule has 1 aliphatic heterocycles. The predicted octanol–water partition coefficient (Wildman–Crippen LogP) is 3.48. The smallest absolute Gasteiger partial charge is 0.293 e. The molecule has 6 nitrogen and oxygen atoms in total. The number of aryl methyl sites for hydroxylation is 1. The third-order valence-electron chi connectivity index (χ3n) is 4.43. The second kappa shape index (κ2) is 9.93. The van der Waals surface area contributed by atoms with E-state index in [2.05, 4.69) is 5.32 Å². The van der Waals surface area contributed by atoms with E-state index in [1.807, 2.05) is 54.6 Å². The van der Waals surface area contributed by atoms with E-state index in [9.17, 15) is 14.4 Å². The van der Waals surface area contributed by atoms with Crippen molar-refractivity contribution in [2.75, 3.05) is 20.2 Å². The highest BCUT2D eigenvalue weighted by Gasteiger charge is 2.34. The molecule has 0 aliphatic carbocycles. The van der Waals surface area contributed by atoms with Crippen LogP contribution >= 0.6 is 11.8 Å². The first-order valence-electron chi connectivity index (χ1n) is 9.27. The highest BCUT2D eigenvalue weighted by molar-refractivity contribution is 8.18. The lowest BCUT2D eigenvalue weighted by atomic mass is 10.1. The van der Waals surface area contributed by atoms with Crippen LogP contribution in [0.5, 0.6) is 5.75 Å². The number of nitrogens with zero attached hydrogens (tertiary/aromatic N) is 1. The number of imide groups is 1. The molecule has 3 amide bonds. The molecule has 29 heavy (non-hydrogen) atoms. The Morgan fingerprint density at radius 2 is 1.83 bits per heavy atom. The quantitative estimate of drug-likeness (QED) is 0.675. The number of thioether (sulfide) groups is 1. The number of carbonyl (C=O) groups excluding carboxylic acids is 3. The maximum absolute atomic E-state index is 12.5. The monoisotopic (exact) mass is 410 g/mol. The number of methoxy groups -OCH3 is 1. The van der Waals surface area contributed by atoms with Crippen LogP contribution in [-0.4, -0.2) is 42.2 Å². The summed E-state index contributed by atoms with van der Waals surface area (Å²) < 4.78 is 5.11. The Morgan fingerprint density at radius 3 is 2.52 bits per heavy atom. The Kier molecular flexibility index (Phi) is 7.08. The normalized spacial score (nSPS) is 15.1. The van der Waals surface area contributed by atoms with E-state index in [4.69, 9.17) is 4.74 Å². The SMILES string of the molecule is COc1ccc(CCC(=O)NCCN2C(=O)S/C(=C\c3ccccc3)C2=O)cc1. The molecular weight excluding hydrogens is 388 g/mol. The Hall–Kier alpha value is -3.06. The molecule has 0 atom stereocenters. The maximum Gasteiger partial charge on any atom is 0.293 e. The van der Waals surface area contributed by atoms with Gasteiger partial charge in [-0.25, -0.2) is 0 Å². The van der Waals surface area contributed by atoms with Crippen LogP contribution in [0.25, 0.3) is 6.08 Å². The predicted molar refractivity (Wildman–Crippen MR) is 113 cm³/mol. The molecule has 0 bridgehead atoms. The van der Waals surface area contributed by atoms with Crippen molar-refractivity contribution >= 4 is 34.9 Å². The van der Waals surface area contributed by atoms with Gasteiger partial charge in [0.1, 0.15) is 5.75 Å². The molecule has 3 rings (SSSR count). The molecule has 0 aromatic heterocycles. The van der Waals surface area contributed by atoms with Crippen molar-refractivity contribution in [3.05, 3.63) is 70.6 Å². The molecule has 1 aliphatic rings. The summed E-state index contributed by atoms with van der Waals surface area (Å²) in [6, 6.07) is 16.9. The van der Waals surface area contributed by atoms with Gasteiger partial charge in [-0.05, 0) is 47.5 Å². The van der Waals surface area contributed by atoms with Gasteiger partial charge < -0.3 is 10.1 Å². The minimum absolute atomic E-state index is 0.118. The van der Waals surface area contributed by atoms with E-state index < -0.39 is 0 Å². The van der Waals surface area contributed by atoms with Gasteiger partial charge >= 0.3 is 0 Å². The highest BCUT2D eigenvalue weighted by Crippen LogP contribution is 2.31. The zero-order chi connectivity index (χ0) is 20.6. The first-order valence-corrected chi connectivity index (χ1v) is 10.1. The van der Waals surface area contributed by atoms with Crippen LogP contribution in [0.15, 0.2) is 59.5 Å². The number of nitrogens with one attached hydrogen (secondary N) is 1. The fourth-order valence-electron chi connectivity index (χ4n) is 2.84. The summed E-state index contributed by atoms with van der Waals surface area (Å²) in [6.45, 7) is 0.392. The van der Waals surface area contributed by atoms with Gasteiger partial charge in [-0.3, -0.25) is 19.3 Å². The molecule has 7 heteroatoms. The molecule has 1 heterocycles. The van der Waals surface area contributed by atoms with Crippen molar-refractivity contribution in [3.8, 4) is 5.75 Å². The molecule has 0 radical (unpaired) electrons. The number of carbonyl (C=O) groups is 3. The summed E-state index contributed by atoms with van der Waals surface area (Å²) in [4.78, 5) is 38.2. The Bertz CT molecular complexity index is 910. The number of hydrogen-bond acceptors (Lipinski definition) is 5. The topological polar surface area (TPSA) is 75.7 Å². The number of hydrogen-bond donors (Lipinski definition) is 1. The number of benzene rings is 2. The summed E-state index contributed by atoms with van der Waals surface area (Å²) in [6.07, 6.45) is 2.65. The summed E-state index contributed by atoms with van der Waals surface area (Å²) in [5.74, 6) is 0.334. The highest BCUT2D eigenvalue weighted by atomic mass is 32.2. The van der Waals surface area contributed by atoms with Crippen molar-refractivity contribution in [3.63, 3.8) is 0 Å². The molecular formula is C22H22N2O4S. The average molecular weight is 410 g/mol. The lowest BCUT2D eigenvalue weighted by Crippen LogP contribution is -2.37. The van der Waals surface area contributed by atoms with Crippen LogP contribution in [0, 0.1) is 0 Å². The third kappa shape index (κ3) is 5.71. The van der Waals surface area contributed by atoms with Gasteiger partial charge in [0, 0.05) is 19.5 Å². The van der Waals surface area contributed by atoms with E-state index in [0.717, 1.165) is 28.6 Å². The molecule has 0 spiro atoms. The van der Waals surface area contributed by atoms with E-state index >= 15 is 0 Å². The van der Waals surface area contributed by atoms with Gasteiger partial charge in [-0.2, -0.15) is 0 Å². The number of amides is 3. The van der Waals surface area contributed by atoms with Crippen LogP contribution in [-0.2, 0) is 16.0 Å². The van der Waals surface area contributed by atoms with Gasteiger partial charge in [-0.15, -0.1) is 0 Å². The first kappa shape index (κ1) is 20.7. The fourth-order valence-corrected chi connectivity index (χ4v) is 3.70. The summed E-state index contributed by atoms with van der Waals surface area (Å²) in [5, 5.41) is 2.45. The molecule has 1 fully saturated rings. The van der Waals surface area contributed by atoms with E-state index in [1.54, 1.807) is 13.2 Å². The van der Waals surface area contributed by atoms with Crippen LogP contribution in [0.4, 0.5) is 4.79 Å². The Labute approximate surface area is 173 Å². The minimum atomic E-state index is -0.323. The Balaban J connectivity index is 1.44. The standard InChI is InChI=1S/C22H22N2O4S/c1-28-18-10-7-16(8-11-18)9-12-20(25)23-13-14-24-21(26)19(29-22(24)27)15-17-5-3-2-4-6-17/h2-8,10-11,15H,9,12-14H2,1H3,(H,23,25)/b19-15-. The van der Waals surface area contributed by atoms with E-state index in [1.165, 1.54) is 4.90 Å². The van der Waals surface area contributed by atoms with Gasteiger partial charge in [0.25, 0.3) is 11.1 Å². The van der Waals surface area contributed by atoms with Gasteiger partial charge in [0.2, 0.25) is 5.91 Å². The van der Waals surface area contributed by atoms with E-state index in [-0.39, 0.29) is 30.1 Å². The van der Waals surface area contributed by atoms with Crippen LogP contribution in [0.2, 0.25) is 0 Å². The average Bonchev–Trinajstić information content (AvgIpc) is 3.00. The first-order chi connectivity index (χ1) is 14.1. The summed E-state index contributed by atoms with van der Waals surface area (Å²) in [5.41, 5.74) is 1.91. The largest absolute Gasteiger partial charge is 0.497 e. The second-order valence-corrected chi connectivity index (χ2v) is 7.44. The molecule has 2 aromatic carbocycles. The van der Waals surface area contributed by atoms with Crippen molar-refractivity contribution in [1.82, 2.24) is 10.2 Å². The van der Waals surface area contributed by atoms with E-state index in [0.29, 0.717) is 17.7 Å². The van der Waals surface area contributed by atoms with Crippen molar-refractivity contribution < 1.29 is 19.1 Å². The van der Waals surface area contributed by atoms with Crippen molar-refractivity contribution in [1.29, 1.82) is 0 Å². The van der Waals surface area contributed by atoms with Gasteiger partial charge in [0.15, 0.2) is 0 Å². The lowest BCUT2D eigenvalue weighted by Gasteiger charge is -2.13. The number of ether oxygens (including phenoxy) is 1. The zero-order valence-corrected chi connectivity index (χ0v) is 16.9. The summed E-state index contributed by atoms with van der Waals surface area (Å²) in [7, 11) is 1.61. The lowest BCUT2D eigenvalue weighted by molar-refractivity contribution is -0.124. The molecule has 0 unspecified atom stereocenters. The molecule has 1 saturated heterocycles. The van der Waals surface area contributed by atoms with Gasteiger partial charge in [0.05, 0.1) is 12.0 Å².